The van der Waals surface area contributed by atoms with E-state index in [9.17, 15) is 0 Å². The maximum Gasteiger partial charge on any atom is 0.151 e. The van der Waals surface area contributed by atoms with Crippen LogP contribution in [0.4, 0.5) is 11.5 Å². The second-order valence-corrected chi connectivity index (χ2v) is 7.45. The first-order valence-corrected chi connectivity index (χ1v) is 9.30. The van der Waals surface area contributed by atoms with E-state index in [0.29, 0.717) is 0 Å². The highest BCUT2D eigenvalue weighted by molar-refractivity contribution is 7.22. The number of rotatable bonds is 3. The fraction of sp³-hybridized carbons (Fsp3) is 0. The van der Waals surface area contributed by atoms with E-state index < -0.39 is 0 Å². The Labute approximate surface area is 158 Å². The summed E-state index contributed by atoms with van der Waals surface area (Å²) in [6.45, 7) is 0. The number of fused-ring (bicyclic) bond motifs is 2. The molecule has 6 heteroatoms. The molecule has 0 atom stereocenters. The molecule has 3 heterocycles. The van der Waals surface area contributed by atoms with E-state index in [1.54, 1.807) is 17.7 Å². The first kappa shape index (κ1) is 15.4. The third-order valence-corrected chi connectivity index (χ3v) is 5.69. The number of nitrogens with one attached hydrogen (secondary N) is 2. The van der Waals surface area contributed by atoms with Crippen molar-refractivity contribution in [2.45, 2.75) is 0 Å². The number of nitrogens with zero attached hydrogens (tertiary/aromatic N) is 2. The molecule has 3 aromatic heterocycles. The molecular formula is C20H13ClN4S. The number of H-pyrrole nitrogens is 1. The minimum absolute atomic E-state index is 0.733. The normalized spacial score (nSPS) is 11.3. The summed E-state index contributed by atoms with van der Waals surface area (Å²) < 4.78 is 1.03. The topological polar surface area (TPSA) is 53.6 Å². The molecule has 0 amide bonds. The zero-order chi connectivity index (χ0) is 17.5. The largest absolute Gasteiger partial charge is 0.361 e. The van der Waals surface area contributed by atoms with Gasteiger partial charge in [-0.3, -0.25) is 0 Å². The molecule has 2 N–H and O–H groups in total. The number of hydrogen-bond acceptors (Lipinski definition) is 4. The number of aromatic amines is 1. The Morgan fingerprint density at radius 1 is 0.962 bits per heavy atom. The van der Waals surface area contributed by atoms with Gasteiger partial charge >= 0.3 is 0 Å². The molecule has 0 saturated carbocycles. The number of hydrogen-bond donors (Lipinski definition) is 2. The molecule has 0 radical (unpaired) electrons. The number of aromatic nitrogens is 3. The van der Waals surface area contributed by atoms with Gasteiger partial charge in [0, 0.05) is 32.7 Å². The number of thiophene rings is 1. The number of anilines is 2. The molecule has 26 heavy (non-hydrogen) atoms. The Morgan fingerprint density at radius 2 is 1.85 bits per heavy atom. The zero-order valence-corrected chi connectivity index (χ0v) is 15.1. The molecule has 0 aliphatic heterocycles. The SMILES string of the molecule is Clc1ccc(-c2cc3ncnc(Nc4ccc5[nH]ccc5c4)c3s2)cc1. The molecule has 0 fully saturated rings. The van der Waals surface area contributed by atoms with E-state index >= 15 is 0 Å². The lowest BCUT2D eigenvalue weighted by Gasteiger charge is -2.06. The highest BCUT2D eigenvalue weighted by Gasteiger charge is 2.11. The van der Waals surface area contributed by atoms with Gasteiger partial charge in [-0.15, -0.1) is 11.3 Å². The van der Waals surface area contributed by atoms with Crippen LogP contribution < -0.4 is 5.32 Å². The van der Waals surface area contributed by atoms with Gasteiger partial charge in [-0.25, -0.2) is 9.97 Å². The lowest BCUT2D eigenvalue weighted by molar-refractivity contribution is 1.23. The van der Waals surface area contributed by atoms with Crippen molar-refractivity contribution in [3.8, 4) is 10.4 Å². The second-order valence-electron chi connectivity index (χ2n) is 5.96. The van der Waals surface area contributed by atoms with Gasteiger partial charge in [-0.1, -0.05) is 23.7 Å². The summed E-state index contributed by atoms with van der Waals surface area (Å²) in [4.78, 5) is 13.2. The van der Waals surface area contributed by atoms with E-state index in [2.05, 4.69) is 44.5 Å². The van der Waals surface area contributed by atoms with Crippen LogP contribution >= 0.6 is 22.9 Å². The van der Waals surface area contributed by atoms with Gasteiger partial charge in [0.1, 0.15) is 6.33 Å². The van der Waals surface area contributed by atoms with Crippen LogP contribution in [-0.4, -0.2) is 15.0 Å². The van der Waals surface area contributed by atoms with Gasteiger partial charge in [0.2, 0.25) is 0 Å². The zero-order valence-electron chi connectivity index (χ0n) is 13.5. The van der Waals surface area contributed by atoms with Gasteiger partial charge in [0.25, 0.3) is 0 Å². The first-order chi connectivity index (χ1) is 12.8. The molecule has 2 aromatic carbocycles. The number of halogens is 1. The van der Waals surface area contributed by atoms with Crippen LogP contribution in [0.25, 0.3) is 31.6 Å². The van der Waals surface area contributed by atoms with Crippen LogP contribution in [-0.2, 0) is 0 Å². The van der Waals surface area contributed by atoms with Crippen molar-refractivity contribution in [3.63, 3.8) is 0 Å². The predicted molar refractivity (Wildman–Crippen MR) is 109 cm³/mol. The van der Waals surface area contributed by atoms with Crippen LogP contribution in [0.15, 0.2) is 67.1 Å². The van der Waals surface area contributed by atoms with E-state index in [-0.39, 0.29) is 0 Å². The maximum absolute atomic E-state index is 6.00. The van der Waals surface area contributed by atoms with Gasteiger partial charge in [0.05, 0.1) is 10.2 Å². The van der Waals surface area contributed by atoms with Gasteiger partial charge in [-0.05, 0) is 48.0 Å². The van der Waals surface area contributed by atoms with Crippen molar-refractivity contribution in [1.82, 2.24) is 15.0 Å². The lowest BCUT2D eigenvalue weighted by Crippen LogP contribution is -1.94. The third kappa shape index (κ3) is 2.71. The predicted octanol–water partition coefficient (Wildman–Crippen LogP) is 6.24. The molecule has 0 bridgehead atoms. The molecule has 4 nitrogen and oxygen atoms in total. The summed E-state index contributed by atoms with van der Waals surface area (Å²) in [5, 5.41) is 5.32. The summed E-state index contributed by atoms with van der Waals surface area (Å²) in [6, 6.07) is 18.2. The number of benzene rings is 2. The van der Waals surface area contributed by atoms with Crippen molar-refractivity contribution in [2.24, 2.45) is 0 Å². The summed E-state index contributed by atoms with van der Waals surface area (Å²) in [5.41, 5.74) is 4.17. The standard InChI is InChI=1S/C20H13ClN4S/c21-14-3-1-12(2-4-14)18-10-17-19(26-18)20(24-11-23-17)25-15-5-6-16-13(9-15)7-8-22-16/h1-11,22H,(H,23,24,25). The second kappa shape index (κ2) is 6.12. The monoisotopic (exact) mass is 376 g/mol. The third-order valence-electron chi connectivity index (χ3n) is 4.26. The van der Waals surface area contributed by atoms with E-state index in [1.165, 1.54) is 0 Å². The molecule has 0 aliphatic rings. The fourth-order valence-electron chi connectivity index (χ4n) is 2.97. The van der Waals surface area contributed by atoms with Crippen LogP contribution in [0.1, 0.15) is 0 Å². The van der Waals surface area contributed by atoms with Crippen LogP contribution in [0, 0.1) is 0 Å². The van der Waals surface area contributed by atoms with Crippen LogP contribution in [0.2, 0.25) is 5.02 Å². The molecule has 0 spiro atoms. The Kier molecular flexibility index (Phi) is 3.62. The Balaban J connectivity index is 1.56. The van der Waals surface area contributed by atoms with E-state index in [4.69, 9.17) is 11.6 Å². The molecular weight excluding hydrogens is 364 g/mol. The highest BCUT2D eigenvalue weighted by atomic mass is 35.5. The highest BCUT2D eigenvalue weighted by Crippen LogP contribution is 2.37. The lowest BCUT2D eigenvalue weighted by atomic mass is 10.2. The van der Waals surface area contributed by atoms with Crippen molar-refractivity contribution in [3.05, 3.63) is 72.1 Å². The van der Waals surface area contributed by atoms with E-state index in [1.807, 2.05) is 36.5 Å². The van der Waals surface area contributed by atoms with E-state index in [0.717, 1.165) is 48.1 Å². The molecule has 5 aromatic rings. The molecule has 126 valence electrons. The van der Waals surface area contributed by atoms with Crippen LogP contribution in [0.5, 0.6) is 0 Å². The summed E-state index contributed by atoms with van der Waals surface area (Å²) >= 11 is 7.67. The van der Waals surface area contributed by atoms with Crippen molar-refractivity contribution < 1.29 is 0 Å². The first-order valence-electron chi connectivity index (χ1n) is 8.11. The molecule has 5 rings (SSSR count). The Hall–Kier alpha value is -2.89. The van der Waals surface area contributed by atoms with Crippen molar-refractivity contribution in [1.29, 1.82) is 0 Å². The smallest absolute Gasteiger partial charge is 0.151 e. The average Bonchev–Trinajstić information content (AvgIpc) is 3.29. The van der Waals surface area contributed by atoms with Crippen molar-refractivity contribution >= 4 is 55.6 Å². The quantitative estimate of drug-likeness (QED) is 0.392. The summed E-state index contributed by atoms with van der Waals surface area (Å²) in [7, 11) is 0. The molecule has 0 aliphatic carbocycles. The Morgan fingerprint density at radius 3 is 2.73 bits per heavy atom. The summed E-state index contributed by atoms with van der Waals surface area (Å²) in [5.74, 6) is 0.815. The summed E-state index contributed by atoms with van der Waals surface area (Å²) in [6.07, 6.45) is 3.53. The minimum atomic E-state index is 0.733. The fourth-order valence-corrected chi connectivity index (χ4v) is 4.15. The van der Waals surface area contributed by atoms with Crippen molar-refractivity contribution in [2.75, 3.05) is 5.32 Å². The average molecular weight is 377 g/mol. The van der Waals surface area contributed by atoms with Gasteiger partial charge in [0.15, 0.2) is 5.82 Å². The van der Waals surface area contributed by atoms with Gasteiger partial charge < -0.3 is 10.3 Å². The Bertz CT molecular complexity index is 1220. The minimum Gasteiger partial charge on any atom is -0.361 e. The van der Waals surface area contributed by atoms with Crippen LogP contribution in [0.3, 0.4) is 0 Å². The maximum atomic E-state index is 6.00. The molecule has 0 unspecified atom stereocenters. The van der Waals surface area contributed by atoms with Gasteiger partial charge in [-0.2, -0.15) is 0 Å². The molecule has 0 saturated heterocycles.